The lowest BCUT2D eigenvalue weighted by Gasteiger charge is -2.07. The Balaban J connectivity index is 2.50. The van der Waals surface area contributed by atoms with Crippen molar-refractivity contribution in [2.45, 2.75) is 19.8 Å². The van der Waals surface area contributed by atoms with Crippen LogP contribution in [0.25, 0.3) is 0 Å². The topological polar surface area (TPSA) is 43.4 Å². The molecule has 0 saturated heterocycles. The second kappa shape index (κ2) is 4.04. The summed E-state index contributed by atoms with van der Waals surface area (Å²) in [5.41, 5.74) is 0.859. The number of carbonyl (C=O) groups is 2. The van der Waals surface area contributed by atoms with E-state index in [2.05, 4.69) is 0 Å². The van der Waals surface area contributed by atoms with Gasteiger partial charge in [-0.2, -0.15) is 0 Å². The molecule has 1 aliphatic rings. The summed E-state index contributed by atoms with van der Waals surface area (Å²) in [6, 6.07) is 2.53. The Bertz CT molecular complexity index is 466. The lowest BCUT2D eigenvalue weighted by atomic mass is 10.0. The maximum absolute atomic E-state index is 13.4. The van der Waals surface area contributed by atoms with Gasteiger partial charge in [0.2, 0.25) is 0 Å². The summed E-state index contributed by atoms with van der Waals surface area (Å²) in [4.78, 5) is 23.0. The van der Waals surface area contributed by atoms with Crippen molar-refractivity contribution in [3.63, 3.8) is 0 Å². The summed E-state index contributed by atoms with van der Waals surface area (Å²) < 4.78 is 18.3. The molecule has 0 atom stereocenters. The normalized spacial score (nSPS) is 13.8. The molecule has 0 amide bonds. The number of hydrogen-bond acceptors (Lipinski definition) is 3. The van der Waals surface area contributed by atoms with Crippen LogP contribution < -0.4 is 0 Å². The molecule has 1 aromatic carbocycles. The maximum atomic E-state index is 13.4. The van der Waals surface area contributed by atoms with Crippen molar-refractivity contribution in [2.75, 3.05) is 6.61 Å². The third-order valence-electron chi connectivity index (χ3n) is 2.64. The quantitative estimate of drug-likeness (QED) is 0.720. The number of hydrogen-bond donors (Lipinski definition) is 0. The summed E-state index contributed by atoms with van der Waals surface area (Å²) in [7, 11) is 0. The molecule has 0 bridgehead atoms. The number of Topliss-reactive ketones (excluding diaryl/α,β-unsaturated/α-hetero) is 1. The van der Waals surface area contributed by atoms with E-state index in [0.29, 0.717) is 17.5 Å². The third kappa shape index (κ3) is 1.60. The average Bonchev–Trinajstić information content (AvgIpc) is 2.62. The summed E-state index contributed by atoms with van der Waals surface area (Å²) in [5, 5.41) is 0. The highest BCUT2D eigenvalue weighted by molar-refractivity contribution is 6.04. The number of carbonyl (C=O) groups excluding carboxylic acids is 2. The van der Waals surface area contributed by atoms with Crippen LogP contribution in [-0.4, -0.2) is 18.4 Å². The zero-order chi connectivity index (χ0) is 11.7. The fraction of sp³-hybridized carbons (Fsp3) is 0.333. The smallest absolute Gasteiger partial charge is 0.338 e. The van der Waals surface area contributed by atoms with E-state index in [9.17, 15) is 14.0 Å². The standard InChI is InChI=1S/C12H11FO3/c1-2-16-12(15)8-3-5-9(13)11-7(8)4-6-10(11)14/h3,5H,2,4,6H2,1H3. The predicted octanol–water partition coefficient (Wildman–Crippen LogP) is 2.13. The number of rotatable bonds is 2. The van der Waals surface area contributed by atoms with E-state index in [1.165, 1.54) is 6.07 Å². The van der Waals surface area contributed by atoms with E-state index in [0.717, 1.165) is 6.07 Å². The van der Waals surface area contributed by atoms with E-state index in [1.807, 2.05) is 0 Å². The minimum Gasteiger partial charge on any atom is -0.462 e. The van der Waals surface area contributed by atoms with Crippen molar-refractivity contribution in [1.82, 2.24) is 0 Å². The number of benzene rings is 1. The number of ketones is 1. The van der Waals surface area contributed by atoms with Crippen LogP contribution in [0.1, 0.15) is 39.6 Å². The van der Waals surface area contributed by atoms with Crippen LogP contribution in [0.4, 0.5) is 4.39 Å². The molecule has 16 heavy (non-hydrogen) atoms. The second-order valence-electron chi connectivity index (χ2n) is 3.59. The van der Waals surface area contributed by atoms with Crippen LogP contribution in [0.3, 0.4) is 0 Å². The van der Waals surface area contributed by atoms with Crippen LogP contribution in [0.5, 0.6) is 0 Å². The van der Waals surface area contributed by atoms with Gasteiger partial charge in [0.25, 0.3) is 0 Å². The van der Waals surface area contributed by atoms with Gasteiger partial charge in [-0.3, -0.25) is 4.79 Å². The van der Waals surface area contributed by atoms with Gasteiger partial charge in [-0.1, -0.05) is 0 Å². The Morgan fingerprint density at radius 3 is 2.88 bits per heavy atom. The van der Waals surface area contributed by atoms with Gasteiger partial charge in [0.1, 0.15) is 5.82 Å². The molecule has 3 nitrogen and oxygen atoms in total. The molecule has 0 heterocycles. The Hall–Kier alpha value is -1.71. The Morgan fingerprint density at radius 2 is 2.19 bits per heavy atom. The number of esters is 1. The van der Waals surface area contributed by atoms with Gasteiger partial charge in [-0.15, -0.1) is 0 Å². The van der Waals surface area contributed by atoms with Gasteiger partial charge in [0, 0.05) is 6.42 Å². The highest BCUT2D eigenvalue weighted by Gasteiger charge is 2.28. The van der Waals surface area contributed by atoms with Gasteiger partial charge < -0.3 is 4.74 Å². The second-order valence-corrected chi connectivity index (χ2v) is 3.59. The molecule has 1 aliphatic carbocycles. The summed E-state index contributed by atoms with van der Waals surface area (Å²) in [6.45, 7) is 1.96. The summed E-state index contributed by atoms with van der Waals surface area (Å²) in [6.07, 6.45) is 0.683. The summed E-state index contributed by atoms with van der Waals surface area (Å²) in [5.74, 6) is -1.28. The molecule has 0 fully saturated rings. The molecule has 84 valence electrons. The van der Waals surface area contributed by atoms with Crippen molar-refractivity contribution >= 4 is 11.8 Å². The van der Waals surface area contributed by atoms with Crippen LogP contribution in [0, 0.1) is 5.82 Å². The van der Waals surface area contributed by atoms with E-state index in [-0.39, 0.29) is 24.4 Å². The van der Waals surface area contributed by atoms with Gasteiger partial charge in [0.15, 0.2) is 5.78 Å². The molecule has 0 spiro atoms. The third-order valence-corrected chi connectivity index (χ3v) is 2.64. The van der Waals surface area contributed by atoms with Crippen LogP contribution in [0.2, 0.25) is 0 Å². The highest BCUT2D eigenvalue weighted by atomic mass is 19.1. The van der Waals surface area contributed by atoms with E-state index in [1.54, 1.807) is 6.92 Å². The van der Waals surface area contributed by atoms with Crippen molar-refractivity contribution in [2.24, 2.45) is 0 Å². The molecule has 0 saturated carbocycles. The maximum Gasteiger partial charge on any atom is 0.338 e. The molecule has 1 aromatic rings. The number of halogens is 1. The van der Waals surface area contributed by atoms with Crippen molar-refractivity contribution in [3.05, 3.63) is 34.6 Å². The van der Waals surface area contributed by atoms with Crippen LogP contribution in [0.15, 0.2) is 12.1 Å². The minimum absolute atomic E-state index is 0.0607. The zero-order valence-electron chi connectivity index (χ0n) is 8.88. The van der Waals surface area contributed by atoms with E-state index in [4.69, 9.17) is 4.74 Å². The zero-order valence-corrected chi connectivity index (χ0v) is 8.88. The Kier molecular flexibility index (Phi) is 2.73. The van der Waals surface area contributed by atoms with Crippen molar-refractivity contribution in [3.8, 4) is 0 Å². The average molecular weight is 222 g/mol. The van der Waals surface area contributed by atoms with Gasteiger partial charge in [-0.05, 0) is 31.0 Å². The molecule has 0 aromatic heterocycles. The molecular weight excluding hydrogens is 211 g/mol. The Morgan fingerprint density at radius 1 is 1.44 bits per heavy atom. The monoisotopic (exact) mass is 222 g/mol. The molecule has 0 aliphatic heterocycles. The lowest BCUT2D eigenvalue weighted by Crippen LogP contribution is -2.09. The lowest BCUT2D eigenvalue weighted by molar-refractivity contribution is 0.0525. The molecule has 4 heteroatoms. The van der Waals surface area contributed by atoms with Crippen molar-refractivity contribution < 1.29 is 18.7 Å². The minimum atomic E-state index is -0.550. The van der Waals surface area contributed by atoms with Crippen LogP contribution in [-0.2, 0) is 11.2 Å². The first-order valence-corrected chi connectivity index (χ1v) is 5.16. The first-order chi connectivity index (χ1) is 7.65. The van der Waals surface area contributed by atoms with Gasteiger partial charge >= 0.3 is 5.97 Å². The number of ether oxygens (including phenoxy) is 1. The fourth-order valence-corrected chi connectivity index (χ4v) is 1.94. The number of fused-ring (bicyclic) bond motifs is 1. The van der Waals surface area contributed by atoms with Crippen LogP contribution >= 0.6 is 0 Å². The highest BCUT2D eigenvalue weighted by Crippen LogP contribution is 2.28. The SMILES string of the molecule is CCOC(=O)c1ccc(F)c2c1CCC2=O. The molecule has 0 radical (unpaired) electrons. The molecular formula is C12H11FO3. The Labute approximate surface area is 92.2 Å². The summed E-state index contributed by atoms with van der Waals surface area (Å²) >= 11 is 0. The first-order valence-electron chi connectivity index (χ1n) is 5.16. The first kappa shape index (κ1) is 10.8. The van der Waals surface area contributed by atoms with Gasteiger partial charge in [0.05, 0.1) is 17.7 Å². The van der Waals surface area contributed by atoms with E-state index >= 15 is 0 Å². The molecule has 2 rings (SSSR count). The van der Waals surface area contributed by atoms with Gasteiger partial charge in [-0.25, -0.2) is 9.18 Å². The van der Waals surface area contributed by atoms with Crippen molar-refractivity contribution in [1.29, 1.82) is 0 Å². The molecule has 0 N–H and O–H groups in total. The fourth-order valence-electron chi connectivity index (χ4n) is 1.94. The predicted molar refractivity (Wildman–Crippen MR) is 55.0 cm³/mol. The molecule has 0 unspecified atom stereocenters. The van der Waals surface area contributed by atoms with E-state index < -0.39 is 11.8 Å². The largest absolute Gasteiger partial charge is 0.462 e.